The predicted octanol–water partition coefficient (Wildman–Crippen LogP) is 2.57. The molecular formula is C12H14F2O2. The Morgan fingerprint density at radius 2 is 2.06 bits per heavy atom. The predicted molar refractivity (Wildman–Crippen MR) is 54.9 cm³/mol. The first-order chi connectivity index (χ1) is 7.58. The Morgan fingerprint density at radius 3 is 2.62 bits per heavy atom. The molecule has 88 valence electrons. The molecule has 16 heavy (non-hydrogen) atoms. The number of rotatable bonds is 2. The van der Waals surface area contributed by atoms with Gasteiger partial charge in [0, 0.05) is 0 Å². The maximum Gasteiger partial charge on any atom is 0.159 e. The Labute approximate surface area is 92.9 Å². The molecule has 2 nitrogen and oxygen atoms in total. The second-order valence-electron chi connectivity index (χ2n) is 4.18. The minimum absolute atomic E-state index is 0.116. The quantitative estimate of drug-likeness (QED) is 0.843. The van der Waals surface area contributed by atoms with Crippen LogP contribution < -0.4 is 0 Å². The number of benzene rings is 1. The summed E-state index contributed by atoms with van der Waals surface area (Å²) in [7, 11) is 0. The minimum Gasteiger partial charge on any atom is -0.386 e. The first kappa shape index (κ1) is 11.5. The van der Waals surface area contributed by atoms with Crippen LogP contribution in [0.2, 0.25) is 0 Å². The van der Waals surface area contributed by atoms with Gasteiger partial charge in [0.2, 0.25) is 0 Å². The summed E-state index contributed by atoms with van der Waals surface area (Å²) in [6.07, 6.45) is 0.525. The third kappa shape index (κ3) is 2.23. The average molecular weight is 228 g/mol. The minimum atomic E-state index is -0.942. The first-order valence-corrected chi connectivity index (χ1v) is 5.36. The van der Waals surface area contributed by atoms with E-state index < -0.39 is 17.7 Å². The van der Waals surface area contributed by atoms with Crippen molar-refractivity contribution in [2.24, 2.45) is 0 Å². The number of aliphatic hydroxyl groups is 1. The number of aliphatic hydroxyl groups excluding tert-OH is 1. The summed E-state index contributed by atoms with van der Waals surface area (Å²) in [6, 6.07) is 3.42. The smallest absolute Gasteiger partial charge is 0.159 e. The molecule has 4 heteroatoms. The van der Waals surface area contributed by atoms with Gasteiger partial charge in [0.05, 0.1) is 12.2 Å². The Balaban J connectivity index is 2.14. The average Bonchev–Trinajstić information content (AvgIpc) is 2.68. The van der Waals surface area contributed by atoms with Gasteiger partial charge in [-0.3, -0.25) is 0 Å². The van der Waals surface area contributed by atoms with Crippen LogP contribution in [0.5, 0.6) is 0 Å². The highest BCUT2D eigenvalue weighted by atomic mass is 19.2. The summed E-state index contributed by atoms with van der Waals surface area (Å²) in [6.45, 7) is 1.93. The van der Waals surface area contributed by atoms with Crippen molar-refractivity contribution in [2.45, 2.75) is 38.1 Å². The molecule has 1 aromatic rings. The van der Waals surface area contributed by atoms with Gasteiger partial charge < -0.3 is 9.84 Å². The molecular weight excluding hydrogens is 214 g/mol. The van der Waals surface area contributed by atoms with Gasteiger partial charge in [-0.15, -0.1) is 0 Å². The summed E-state index contributed by atoms with van der Waals surface area (Å²) in [4.78, 5) is 0. The van der Waals surface area contributed by atoms with Gasteiger partial charge in [-0.1, -0.05) is 6.07 Å². The van der Waals surface area contributed by atoms with Gasteiger partial charge in [-0.05, 0) is 37.5 Å². The van der Waals surface area contributed by atoms with E-state index in [4.69, 9.17) is 4.74 Å². The van der Waals surface area contributed by atoms with E-state index in [-0.39, 0.29) is 12.2 Å². The van der Waals surface area contributed by atoms with Crippen LogP contribution >= 0.6 is 0 Å². The van der Waals surface area contributed by atoms with Crippen LogP contribution in [0.3, 0.4) is 0 Å². The molecule has 0 aromatic heterocycles. The zero-order valence-corrected chi connectivity index (χ0v) is 8.99. The Morgan fingerprint density at radius 1 is 1.31 bits per heavy atom. The molecule has 1 aromatic carbocycles. The number of hydrogen-bond acceptors (Lipinski definition) is 2. The van der Waals surface area contributed by atoms with Gasteiger partial charge in [-0.25, -0.2) is 8.78 Å². The van der Waals surface area contributed by atoms with Crippen LogP contribution in [0.25, 0.3) is 0 Å². The van der Waals surface area contributed by atoms with E-state index in [1.54, 1.807) is 0 Å². The summed E-state index contributed by atoms with van der Waals surface area (Å²) in [5.74, 6) is -1.85. The van der Waals surface area contributed by atoms with Gasteiger partial charge >= 0.3 is 0 Å². The van der Waals surface area contributed by atoms with E-state index in [0.29, 0.717) is 5.56 Å². The molecule has 1 heterocycles. The summed E-state index contributed by atoms with van der Waals surface area (Å²) in [5, 5.41) is 9.94. The zero-order chi connectivity index (χ0) is 11.7. The molecule has 3 atom stereocenters. The highest BCUT2D eigenvalue weighted by Crippen LogP contribution is 2.30. The van der Waals surface area contributed by atoms with Crippen LogP contribution in [0.4, 0.5) is 8.78 Å². The number of halogens is 2. The molecule has 1 saturated heterocycles. The zero-order valence-electron chi connectivity index (χ0n) is 8.99. The molecule has 1 aliphatic rings. The largest absolute Gasteiger partial charge is 0.386 e. The van der Waals surface area contributed by atoms with E-state index >= 15 is 0 Å². The van der Waals surface area contributed by atoms with E-state index in [9.17, 15) is 13.9 Å². The van der Waals surface area contributed by atoms with E-state index in [0.717, 1.165) is 25.0 Å². The van der Waals surface area contributed by atoms with E-state index in [1.807, 2.05) is 6.92 Å². The lowest BCUT2D eigenvalue weighted by Gasteiger charge is -2.18. The van der Waals surface area contributed by atoms with Crippen LogP contribution in [-0.4, -0.2) is 17.3 Å². The second kappa shape index (κ2) is 4.47. The highest BCUT2D eigenvalue weighted by Gasteiger charge is 2.29. The Bertz CT molecular complexity index is 381. The van der Waals surface area contributed by atoms with Crippen molar-refractivity contribution in [1.29, 1.82) is 0 Å². The fraction of sp³-hybridized carbons (Fsp3) is 0.500. The van der Waals surface area contributed by atoms with Crippen molar-refractivity contribution in [3.8, 4) is 0 Å². The molecule has 0 aliphatic carbocycles. The Hall–Kier alpha value is -1.00. The normalized spacial score (nSPS) is 27.0. The third-order valence-electron chi connectivity index (χ3n) is 2.90. The summed E-state index contributed by atoms with van der Waals surface area (Å²) < 4.78 is 31.2. The molecule has 0 saturated carbocycles. The molecule has 1 fully saturated rings. The fourth-order valence-electron chi connectivity index (χ4n) is 1.98. The third-order valence-corrected chi connectivity index (χ3v) is 2.90. The molecule has 2 rings (SSSR count). The summed E-state index contributed by atoms with van der Waals surface area (Å²) >= 11 is 0. The second-order valence-corrected chi connectivity index (χ2v) is 4.18. The fourth-order valence-corrected chi connectivity index (χ4v) is 1.98. The number of ether oxygens (including phenoxy) is 1. The van der Waals surface area contributed by atoms with Crippen molar-refractivity contribution in [2.75, 3.05) is 0 Å². The van der Waals surface area contributed by atoms with Crippen LogP contribution in [0, 0.1) is 11.6 Å². The van der Waals surface area contributed by atoms with Crippen molar-refractivity contribution < 1.29 is 18.6 Å². The summed E-state index contributed by atoms with van der Waals surface area (Å²) in [5.41, 5.74) is 0.359. The lowest BCUT2D eigenvalue weighted by molar-refractivity contribution is -0.0298. The maximum atomic E-state index is 13.0. The Kier molecular flexibility index (Phi) is 3.21. The maximum absolute atomic E-state index is 13.0. The standard InChI is InChI=1S/C12H14F2O2/c1-7-2-5-11(16-7)12(15)8-3-4-9(13)10(14)6-8/h3-4,6-7,11-12,15H,2,5H2,1H3. The molecule has 0 amide bonds. The van der Waals surface area contributed by atoms with Crippen molar-refractivity contribution in [3.63, 3.8) is 0 Å². The molecule has 0 bridgehead atoms. The monoisotopic (exact) mass is 228 g/mol. The van der Waals surface area contributed by atoms with E-state index in [1.165, 1.54) is 6.07 Å². The molecule has 0 radical (unpaired) electrons. The lowest BCUT2D eigenvalue weighted by atomic mass is 10.0. The van der Waals surface area contributed by atoms with Crippen LogP contribution in [0.1, 0.15) is 31.4 Å². The topological polar surface area (TPSA) is 29.5 Å². The van der Waals surface area contributed by atoms with Crippen LogP contribution in [0.15, 0.2) is 18.2 Å². The van der Waals surface area contributed by atoms with Gasteiger partial charge in [-0.2, -0.15) is 0 Å². The van der Waals surface area contributed by atoms with Crippen molar-refractivity contribution >= 4 is 0 Å². The van der Waals surface area contributed by atoms with Gasteiger partial charge in [0.1, 0.15) is 6.10 Å². The van der Waals surface area contributed by atoms with Gasteiger partial charge in [0.15, 0.2) is 11.6 Å². The highest BCUT2D eigenvalue weighted by molar-refractivity contribution is 5.21. The van der Waals surface area contributed by atoms with Gasteiger partial charge in [0.25, 0.3) is 0 Å². The van der Waals surface area contributed by atoms with Crippen molar-refractivity contribution in [3.05, 3.63) is 35.4 Å². The van der Waals surface area contributed by atoms with Crippen molar-refractivity contribution in [1.82, 2.24) is 0 Å². The molecule has 0 spiro atoms. The lowest BCUT2D eigenvalue weighted by Crippen LogP contribution is -2.18. The molecule has 1 aliphatic heterocycles. The number of hydrogen-bond donors (Lipinski definition) is 1. The molecule has 1 N–H and O–H groups in total. The first-order valence-electron chi connectivity index (χ1n) is 5.36. The SMILES string of the molecule is CC1CCC(C(O)c2ccc(F)c(F)c2)O1. The van der Waals surface area contributed by atoms with E-state index in [2.05, 4.69) is 0 Å². The van der Waals surface area contributed by atoms with Crippen LogP contribution in [-0.2, 0) is 4.74 Å². The molecule has 3 unspecified atom stereocenters.